The van der Waals surface area contributed by atoms with Crippen molar-refractivity contribution in [2.45, 2.75) is 18.8 Å². The van der Waals surface area contributed by atoms with Crippen molar-refractivity contribution in [3.05, 3.63) is 29.6 Å². The van der Waals surface area contributed by atoms with Gasteiger partial charge in [0.25, 0.3) is 0 Å². The molecule has 1 aliphatic carbocycles. The largest absolute Gasteiger partial charge is 0.334 e. The maximum Gasteiger partial charge on any atom is 0.141 e. The molecule has 0 radical (unpaired) electrons. The molecule has 3 nitrogen and oxygen atoms in total. The van der Waals surface area contributed by atoms with Gasteiger partial charge in [0.2, 0.25) is 0 Å². The van der Waals surface area contributed by atoms with E-state index in [0.29, 0.717) is 5.92 Å². The summed E-state index contributed by atoms with van der Waals surface area (Å²) in [7, 11) is 1.94. The van der Waals surface area contributed by atoms with Crippen LogP contribution in [0.25, 0.3) is 11.0 Å². The van der Waals surface area contributed by atoms with Crippen LogP contribution in [0.1, 0.15) is 29.9 Å². The van der Waals surface area contributed by atoms with E-state index in [2.05, 4.69) is 17.1 Å². The summed E-state index contributed by atoms with van der Waals surface area (Å²) in [6.07, 6.45) is 6.21. The van der Waals surface area contributed by atoms with Gasteiger partial charge in [0.15, 0.2) is 0 Å². The van der Waals surface area contributed by atoms with Crippen molar-refractivity contribution in [2.75, 3.05) is 0 Å². The lowest BCUT2D eigenvalue weighted by molar-refractivity contribution is 0.945. The first-order valence-electron chi connectivity index (χ1n) is 5.15. The fourth-order valence-corrected chi connectivity index (χ4v) is 2.15. The highest BCUT2D eigenvalue weighted by Crippen LogP contribution is 2.43. The number of aromatic nitrogens is 2. The first-order chi connectivity index (χ1) is 7.31. The van der Waals surface area contributed by atoms with Gasteiger partial charge in [-0.15, -0.1) is 0 Å². The van der Waals surface area contributed by atoms with Gasteiger partial charge in [0.05, 0.1) is 5.56 Å². The molecular formula is C12H11N3. The molecule has 3 rings (SSSR count). The zero-order valence-corrected chi connectivity index (χ0v) is 8.57. The van der Waals surface area contributed by atoms with Crippen molar-refractivity contribution in [2.24, 2.45) is 7.05 Å². The van der Waals surface area contributed by atoms with E-state index in [0.717, 1.165) is 16.6 Å². The summed E-state index contributed by atoms with van der Waals surface area (Å²) in [4.78, 5) is 4.33. The molecule has 0 bridgehead atoms. The number of fused-ring (bicyclic) bond motifs is 1. The molecule has 74 valence electrons. The molecule has 0 saturated heterocycles. The van der Waals surface area contributed by atoms with Crippen LogP contribution in [0.15, 0.2) is 18.5 Å². The lowest BCUT2D eigenvalue weighted by atomic mass is 10.1. The van der Waals surface area contributed by atoms with E-state index in [-0.39, 0.29) is 0 Å². The highest BCUT2D eigenvalue weighted by atomic mass is 15.0. The summed E-state index contributed by atoms with van der Waals surface area (Å²) in [6, 6.07) is 4.31. The summed E-state index contributed by atoms with van der Waals surface area (Å²) >= 11 is 0. The summed E-state index contributed by atoms with van der Waals surface area (Å²) < 4.78 is 1.93. The molecule has 1 saturated carbocycles. The predicted octanol–water partition coefficient (Wildman–Crippen LogP) is 2.32. The van der Waals surface area contributed by atoms with Gasteiger partial charge in [-0.1, -0.05) is 0 Å². The topological polar surface area (TPSA) is 41.6 Å². The molecule has 2 aromatic rings. The molecule has 0 spiro atoms. The van der Waals surface area contributed by atoms with Crippen LogP contribution in [-0.2, 0) is 7.05 Å². The average molecular weight is 197 g/mol. The molecule has 0 N–H and O–H groups in total. The van der Waals surface area contributed by atoms with Gasteiger partial charge in [-0.3, -0.25) is 0 Å². The molecule has 0 amide bonds. The van der Waals surface area contributed by atoms with Crippen LogP contribution in [0.2, 0.25) is 0 Å². The zero-order chi connectivity index (χ0) is 10.4. The first kappa shape index (κ1) is 8.49. The molecule has 2 heterocycles. The van der Waals surface area contributed by atoms with Gasteiger partial charge < -0.3 is 4.57 Å². The number of hydrogen-bond donors (Lipinski definition) is 0. The molecule has 0 aromatic carbocycles. The molecule has 0 atom stereocenters. The van der Waals surface area contributed by atoms with Gasteiger partial charge in [0, 0.05) is 24.8 Å². The molecule has 0 aliphatic heterocycles. The van der Waals surface area contributed by atoms with Crippen molar-refractivity contribution in [3.8, 4) is 6.07 Å². The van der Waals surface area contributed by atoms with Gasteiger partial charge in [-0.25, -0.2) is 4.98 Å². The monoisotopic (exact) mass is 197 g/mol. The summed E-state index contributed by atoms with van der Waals surface area (Å²) in [6.45, 7) is 0. The lowest BCUT2D eigenvalue weighted by Gasteiger charge is -2.01. The molecule has 1 fully saturated rings. The Morgan fingerprint density at radius 2 is 2.33 bits per heavy atom. The van der Waals surface area contributed by atoms with E-state index in [1.54, 1.807) is 0 Å². The molecular weight excluding hydrogens is 186 g/mol. The molecule has 1 aliphatic rings. The maximum atomic E-state index is 9.08. The van der Waals surface area contributed by atoms with Gasteiger partial charge >= 0.3 is 0 Å². The Bertz CT molecular complexity index is 570. The third-order valence-electron chi connectivity index (χ3n) is 3.03. The second kappa shape index (κ2) is 2.83. The second-order valence-corrected chi connectivity index (χ2v) is 4.14. The standard InChI is InChI=1S/C12H11N3/c1-15-7-9(6-13)11-10(8-2-3-8)4-5-14-12(11)15/h4-5,7-8H,2-3H2,1H3. The minimum absolute atomic E-state index is 0.657. The lowest BCUT2D eigenvalue weighted by Crippen LogP contribution is -1.89. The Labute approximate surface area is 88.0 Å². The predicted molar refractivity (Wildman–Crippen MR) is 57.4 cm³/mol. The molecule has 0 unspecified atom stereocenters. The zero-order valence-electron chi connectivity index (χ0n) is 8.57. The molecule has 15 heavy (non-hydrogen) atoms. The third-order valence-corrected chi connectivity index (χ3v) is 3.03. The van der Waals surface area contributed by atoms with Crippen LogP contribution in [-0.4, -0.2) is 9.55 Å². The van der Waals surface area contributed by atoms with Crippen LogP contribution in [0.3, 0.4) is 0 Å². The van der Waals surface area contributed by atoms with Crippen molar-refractivity contribution < 1.29 is 0 Å². The minimum Gasteiger partial charge on any atom is -0.334 e. The summed E-state index contributed by atoms with van der Waals surface area (Å²) in [5, 5.41) is 10.1. The number of pyridine rings is 1. The second-order valence-electron chi connectivity index (χ2n) is 4.14. The van der Waals surface area contributed by atoms with Crippen LogP contribution < -0.4 is 0 Å². The number of hydrogen-bond acceptors (Lipinski definition) is 2. The van der Waals surface area contributed by atoms with E-state index in [9.17, 15) is 0 Å². The smallest absolute Gasteiger partial charge is 0.141 e. The van der Waals surface area contributed by atoms with Crippen molar-refractivity contribution >= 4 is 11.0 Å². The Balaban J connectivity index is 2.40. The normalized spacial score (nSPS) is 15.5. The highest BCUT2D eigenvalue weighted by Gasteiger charge is 2.27. The van der Waals surface area contributed by atoms with E-state index in [4.69, 9.17) is 5.26 Å². The minimum atomic E-state index is 0.657. The van der Waals surface area contributed by atoms with E-state index >= 15 is 0 Å². The van der Waals surface area contributed by atoms with Gasteiger partial charge in [-0.2, -0.15) is 5.26 Å². The first-order valence-corrected chi connectivity index (χ1v) is 5.15. The van der Waals surface area contributed by atoms with E-state index in [1.165, 1.54) is 18.4 Å². The van der Waals surface area contributed by atoms with Crippen molar-refractivity contribution in [1.82, 2.24) is 9.55 Å². The summed E-state index contributed by atoms with van der Waals surface area (Å²) in [5.41, 5.74) is 2.98. The fourth-order valence-electron chi connectivity index (χ4n) is 2.15. The van der Waals surface area contributed by atoms with Crippen LogP contribution >= 0.6 is 0 Å². The Morgan fingerprint density at radius 1 is 1.53 bits per heavy atom. The third kappa shape index (κ3) is 1.15. The van der Waals surface area contributed by atoms with E-state index in [1.807, 2.05) is 24.0 Å². The molecule has 2 aromatic heterocycles. The Kier molecular flexibility index (Phi) is 1.60. The quantitative estimate of drug-likeness (QED) is 0.704. The Hall–Kier alpha value is -1.82. The van der Waals surface area contributed by atoms with Crippen LogP contribution in [0.5, 0.6) is 0 Å². The highest BCUT2D eigenvalue weighted by molar-refractivity contribution is 5.87. The maximum absolute atomic E-state index is 9.08. The average Bonchev–Trinajstić information content (AvgIpc) is 3.04. The summed E-state index contributed by atoms with van der Waals surface area (Å²) in [5.74, 6) is 0.657. The molecule has 3 heteroatoms. The van der Waals surface area contributed by atoms with Crippen molar-refractivity contribution in [3.63, 3.8) is 0 Å². The Morgan fingerprint density at radius 3 is 3.00 bits per heavy atom. The van der Waals surface area contributed by atoms with Crippen LogP contribution in [0.4, 0.5) is 0 Å². The van der Waals surface area contributed by atoms with Gasteiger partial charge in [0.1, 0.15) is 11.7 Å². The number of nitriles is 1. The number of nitrogens with zero attached hydrogens (tertiary/aromatic N) is 3. The van der Waals surface area contributed by atoms with Crippen molar-refractivity contribution in [1.29, 1.82) is 5.26 Å². The van der Waals surface area contributed by atoms with E-state index < -0.39 is 0 Å². The number of rotatable bonds is 1. The van der Waals surface area contributed by atoms with Crippen LogP contribution in [0, 0.1) is 11.3 Å². The SMILES string of the molecule is Cn1cc(C#N)c2c(C3CC3)ccnc21. The number of aryl methyl sites for hydroxylation is 1. The van der Waals surface area contributed by atoms with Gasteiger partial charge in [-0.05, 0) is 30.4 Å². The fraction of sp³-hybridized carbons (Fsp3) is 0.333.